The number of carboxylic acid groups (broad SMARTS) is 1. The Bertz CT molecular complexity index is 2700. The molecule has 0 radical (unpaired) electrons. The van der Waals surface area contributed by atoms with E-state index < -0.39 is 5.97 Å². The third-order valence-corrected chi connectivity index (χ3v) is 8.12. The van der Waals surface area contributed by atoms with Crippen molar-refractivity contribution in [2.24, 2.45) is 0 Å². The van der Waals surface area contributed by atoms with Gasteiger partial charge >= 0.3 is 5.97 Å². The Hall–Kier alpha value is -7.52. The zero-order valence-corrected chi connectivity index (χ0v) is 33.0. The maximum atomic E-state index is 11.5. The van der Waals surface area contributed by atoms with Gasteiger partial charge in [0.25, 0.3) is 11.8 Å². The topological polar surface area (TPSA) is 300 Å². The van der Waals surface area contributed by atoms with E-state index in [1.165, 1.54) is 25.5 Å². The summed E-state index contributed by atoms with van der Waals surface area (Å²) in [6.45, 7) is 1.44. The number of halogens is 2. The molecule has 5 heterocycles. The van der Waals surface area contributed by atoms with Gasteiger partial charge in [-0.1, -0.05) is 54.6 Å². The van der Waals surface area contributed by atoms with Crippen LogP contribution in [0, 0.1) is 0 Å². The molecule has 290 valence electrons. The van der Waals surface area contributed by atoms with Crippen molar-refractivity contribution >= 4 is 66.9 Å². The normalized spacial score (nSPS) is 10.4. The molecule has 0 aliphatic rings. The molecule has 19 nitrogen and oxygen atoms in total. The molecule has 1 amide bonds. The van der Waals surface area contributed by atoms with Gasteiger partial charge in [0.2, 0.25) is 17.7 Å². The molecule has 21 heteroatoms. The van der Waals surface area contributed by atoms with Gasteiger partial charge in [-0.05, 0) is 62.2 Å². The number of hydrogen-bond acceptors (Lipinski definition) is 17. The van der Waals surface area contributed by atoms with Crippen molar-refractivity contribution < 1.29 is 23.5 Å². The number of benzene rings is 3. The number of aromatic carboxylic acids is 1. The highest BCUT2D eigenvalue weighted by Crippen LogP contribution is 2.31. The number of carbonyl (C=O) groups excluding carboxylic acids is 1. The molecule has 0 fully saturated rings. The number of nitrogens with two attached hydrogens (primary N) is 3. The maximum Gasteiger partial charge on any atom is 0.358 e. The fourth-order valence-corrected chi connectivity index (χ4v) is 5.35. The van der Waals surface area contributed by atoms with Gasteiger partial charge in [0.05, 0.1) is 30.0 Å². The second-order valence-electron chi connectivity index (χ2n) is 11.4. The Morgan fingerprint density at radius 2 is 1.07 bits per heavy atom. The fourth-order valence-electron chi connectivity index (χ4n) is 4.79. The van der Waals surface area contributed by atoms with Crippen molar-refractivity contribution in [3.8, 4) is 57.3 Å². The fraction of sp³-hybridized carbons (Fsp3) is 0.0270. The molecular weight excluding hydrogens is 880 g/mol. The van der Waals surface area contributed by atoms with E-state index in [-0.39, 0.29) is 46.5 Å². The third-order valence-electron chi connectivity index (χ3n) is 7.36. The predicted molar refractivity (Wildman–Crippen MR) is 219 cm³/mol. The zero-order chi connectivity index (χ0) is 41.2. The number of aromatic nitrogens is 10. The molecule has 0 bridgehead atoms. The lowest BCUT2D eigenvalue weighted by Crippen LogP contribution is -2.07. The lowest BCUT2D eigenvalue weighted by molar-refractivity contribution is -0.114. The van der Waals surface area contributed by atoms with Crippen molar-refractivity contribution in [1.29, 1.82) is 0 Å². The molecule has 0 spiro atoms. The van der Waals surface area contributed by atoms with Crippen molar-refractivity contribution in [3.63, 3.8) is 0 Å². The Balaban J connectivity index is 0.000000163. The number of carbonyl (C=O) groups is 2. The first-order valence-corrected chi connectivity index (χ1v) is 18.1. The van der Waals surface area contributed by atoms with Gasteiger partial charge in [0.15, 0.2) is 34.5 Å². The molecule has 58 heavy (non-hydrogen) atoms. The van der Waals surface area contributed by atoms with Crippen LogP contribution < -0.4 is 22.5 Å². The van der Waals surface area contributed by atoms with Crippen LogP contribution in [-0.4, -0.2) is 67.3 Å². The quantitative estimate of drug-likeness (QED) is 0.115. The van der Waals surface area contributed by atoms with Crippen molar-refractivity contribution in [3.05, 3.63) is 118 Å². The smallest absolute Gasteiger partial charge is 0.358 e. The molecule has 3 aromatic carbocycles. The SMILES string of the molecule is CC(=O)Nc1ccccc1-c1cnc(N)c(-c2nnc(-c3ccccc3)o2)n1.Nc1ncc(Br)nc1-c1nnc(-c2ccccc2)o1.Nc1ncc(Br)nc1C(=O)O. The van der Waals surface area contributed by atoms with E-state index in [0.29, 0.717) is 43.6 Å². The van der Waals surface area contributed by atoms with E-state index in [4.69, 9.17) is 31.1 Å². The number of anilines is 4. The number of nitrogens with one attached hydrogen (secondary N) is 1. The summed E-state index contributed by atoms with van der Waals surface area (Å²) in [5.41, 5.74) is 20.8. The average Bonchev–Trinajstić information content (AvgIpc) is 3.93. The van der Waals surface area contributed by atoms with Crippen LogP contribution in [0.3, 0.4) is 0 Å². The predicted octanol–water partition coefficient (Wildman–Crippen LogP) is 6.46. The summed E-state index contributed by atoms with van der Waals surface area (Å²) in [5, 5.41) is 27.3. The van der Waals surface area contributed by atoms with Crippen LogP contribution in [0.2, 0.25) is 0 Å². The Labute approximate surface area is 344 Å². The minimum absolute atomic E-state index is 0.0827. The second kappa shape index (κ2) is 18.4. The van der Waals surface area contributed by atoms with Crippen LogP contribution in [0.25, 0.3) is 57.3 Å². The van der Waals surface area contributed by atoms with E-state index in [0.717, 1.165) is 11.1 Å². The van der Waals surface area contributed by atoms with E-state index in [9.17, 15) is 9.59 Å². The molecule has 0 unspecified atom stereocenters. The molecule has 0 saturated carbocycles. The molecular formula is C37H28Br2N14O5. The van der Waals surface area contributed by atoms with Gasteiger partial charge in [0, 0.05) is 23.6 Å². The minimum atomic E-state index is -1.18. The first-order chi connectivity index (χ1) is 28.0. The molecule has 0 aliphatic heterocycles. The first kappa shape index (κ1) is 40.2. The summed E-state index contributed by atoms with van der Waals surface area (Å²) in [4.78, 5) is 46.0. The molecule has 5 aromatic heterocycles. The molecule has 8 rings (SSSR count). The van der Waals surface area contributed by atoms with Crippen molar-refractivity contribution in [2.75, 3.05) is 22.5 Å². The van der Waals surface area contributed by atoms with E-state index in [2.05, 4.69) is 87.5 Å². The zero-order valence-electron chi connectivity index (χ0n) is 29.9. The lowest BCUT2D eigenvalue weighted by atomic mass is 10.1. The maximum absolute atomic E-state index is 11.5. The van der Waals surface area contributed by atoms with Crippen LogP contribution >= 0.6 is 31.9 Å². The van der Waals surface area contributed by atoms with Gasteiger partial charge in [-0.3, -0.25) is 4.79 Å². The Morgan fingerprint density at radius 1 is 0.603 bits per heavy atom. The molecule has 8 N–H and O–H groups in total. The van der Waals surface area contributed by atoms with Crippen LogP contribution in [0.4, 0.5) is 23.1 Å². The first-order valence-electron chi connectivity index (χ1n) is 16.5. The lowest BCUT2D eigenvalue weighted by Gasteiger charge is -2.10. The van der Waals surface area contributed by atoms with Crippen LogP contribution in [0.1, 0.15) is 17.4 Å². The highest BCUT2D eigenvalue weighted by molar-refractivity contribution is 9.10. The second-order valence-corrected chi connectivity index (χ2v) is 13.1. The van der Waals surface area contributed by atoms with Gasteiger partial charge < -0.3 is 36.5 Å². The Morgan fingerprint density at radius 3 is 1.60 bits per heavy atom. The molecule has 0 atom stereocenters. The summed E-state index contributed by atoms with van der Waals surface area (Å²) >= 11 is 6.20. The average molecular weight is 909 g/mol. The van der Waals surface area contributed by atoms with Crippen LogP contribution in [0.15, 0.2) is 122 Å². The number of amides is 1. The minimum Gasteiger partial charge on any atom is -0.476 e. The number of rotatable bonds is 7. The highest BCUT2D eigenvalue weighted by Gasteiger charge is 2.19. The van der Waals surface area contributed by atoms with Crippen LogP contribution in [0.5, 0.6) is 0 Å². The summed E-state index contributed by atoms with van der Waals surface area (Å²) in [7, 11) is 0. The van der Waals surface area contributed by atoms with Gasteiger partial charge in [0.1, 0.15) is 9.21 Å². The summed E-state index contributed by atoms with van der Waals surface area (Å²) in [5.74, 6) is 0.151. The van der Waals surface area contributed by atoms with Crippen molar-refractivity contribution in [1.82, 2.24) is 50.3 Å². The summed E-state index contributed by atoms with van der Waals surface area (Å²) in [6, 6.07) is 26.2. The highest BCUT2D eigenvalue weighted by atomic mass is 79.9. The van der Waals surface area contributed by atoms with Gasteiger partial charge in [-0.2, -0.15) is 0 Å². The number of carboxylic acids is 1. The standard InChI is InChI=1S/C20H16N6O2.C12H8BrN5O.C5H4BrN3O2/c1-12(27)23-15-10-6-5-9-14(15)16-11-22-18(21)17(24-16)20-26-25-19(28-20)13-7-3-2-4-8-13;13-8-6-15-10(14)9(16-8)12-18-17-11(19-12)7-4-2-1-3-5-7;6-2-1-8-4(7)3(9-2)5(10)11/h2-11H,1H3,(H2,21,22)(H,23,27);1-6H,(H2,14,15);1H,(H2,7,8)(H,10,11). The molecule has 0 saturated heterocycles. The number of nitrogen functional groups attached to an aromatic ring is 3. The van der Waals surface area contributed by atoms with Gasteiger partial charge in [-0.15, -0.1) is 20.4 Å². The molecule has 0 aliphatic carbocycles. The van der Waals surface area contributed by atoms with E-state index in [1.807, 2.05) is 78.9 Å². The largest absolute Gasteiger partial charge is 0.476 e. The van der Waals surface area contributed by atoms with Crippen molar-refractivity contribution in [2.45, 2.75) is 6.92 Å². The Kier molecular flexibility index (Phi) is 12.7. The molecule has 8 aromatic rings. The monoisotopic (exact) mass is 906 g/mol. The summed E-state index contributed by atoms with van der Waals surface area (Å²) < 4.78 is 12.2. The summed E-state index contributed by atoms with van der Waals surface area (Å²) in [6.07, 6.45) is 4.38. The number of nitrogens with zero attached hydrogens (tertiary/aromatic N) is 10. The van der Waals surface area contributed by atoms with Gasteiger partial charge in [-0.25, -0.2) is 34.7 Å². The van der Waals surface area contributed by atoms with E-state index in [1.54, 1.807) is 6.07 Å². The number of para-hydroxylation sites is 1. The van der Waals surface area contributed by atoms with Crippen LogP contribution in [-0.2, 0) is 4.79 Å². The number of hydrogen-bond donors (Lipinski definition) is 5. The van der Waals surface area contributed by atoms with E-state index >= 15 is 0 Å². The third kappa shape index (κ3) is 10.0.